The predicted octanol–water partition coefficient (Wildman–Crippen LogP) is 0.0223. The maximum absolute atomic E-state index is 11.4. The van der Waals surface area contributed by atoms with E-state index in [4.69, 9.17) is 16.9 Å². The first-order valence-electron chi connectivity index (χ1n) is 5.32. The van der Waals surface area contributed by atoms with Crippen molar-refractivity contribution in [2.75, 3.05) is 13.2 Å². The van der Waals surface area contributed by atoms with E-state index in [2.05, 4.69) is 11.2 Å². The molecular weight excluding hydrogens is 192 g/mol. The van der Waals surface area contributed by atoms with Crippen LogP contribution in [-0.2, 0) is 9.53 Å². The Labute approximate surface area is 90.5 Å². The number of hydrogen-bond acceptors (Lipinski definition) is 3. The smallest absolute Gasteiger partial charge is 0.237 e. The summed E-state index contributed by atoms with van der Waals surface area (Å²) in [6.07, 6.45) is 8.77. The van der Waals surface area contributed by atoms with Gasteiger partial charge in [-0.2, -0.15) is 0 Å². The summed E-state index contributed by atoms with van der Waals surface area (Å²) in [6, 6.07) is -0.599. The molecule has 1 aliphatic rings. The van der Waals surface area contributed by atoms with Gasteiger partial charge in [-0.25, -0.2) is 0 Å². The molecule has 0 saturated carbocycles. The highest BCUT2D eigenvalue weighted by atomic mass is 16.5. The van der Waals surface area contributed by atoms with Gasteiger partial charge in [-0.3, -0.25) is 4.79 Å². The Morgan fingerprint density at radius 3 is 3.07 bits per heavy atom. The third-order valence-corrected chi connectivity index (χ3v) is 2.45. The van der Waals surface area contributed by atoms with Gasteiger partial charge in [0.1, 0.15) is 0 Å². The second kappa shape index (κ2) is 6.44. The molecule has 1 fully saturated rings. The van der Waals surface area contributed by atoms with E-state index in [1.807, 2.05) is 0 Å². The van der Waals surface area contributed by atoms with Crippen LogP contribution in [0.2, 0.25) is 0 Å². The maximum Gasteiger partial charge on any atom is 0.237 e. The number of rotatable bonds is 4. The lowest BCUT2D eigenvalue weighted by Gasteiger charge is -2.23. The first-order valence-corrected chi connectivity index (χ1v) is 5.32. The van der Waals surface area contributed by atoms with E-state index < -0.39 is 6.04 Å². The summed E-state index contributed by atoms with van der Waals surface area (Å²) in [5, 5.41) is 2.75. The van der Waals surface area contributed by atoms with Crippen molar-refractivity contribution in [2.45, 2.75) is 37.8 Å². The molecule has 1 saturated heterocycles. The van der Waals surface area contributed by atoms with Crippen LogP contribution < -0.4 is 11.1 Å². The fourth-order valence-electron chi connectivity index (χ4n) is 1.53. The van der Waals surface area contributed by atoms with E-state index in [9.17, 15) is 4.79 Å². The van der Waals surface area contributed by atoms with Crippen molar-refractivity contribution in [3.63, 3.8) is 0 Å². The summed E-state index contributed by atoms with van der Waals surface area (Å²) in [6.45, 7) is 1.33. The highest BCUT2D eigenvalue weighted by molar-refractivity contribution is 5.81. The van der Waals surface area contributed by atoms with E-state index in [0.29, 0.717) is 6.54 Å². The first-order chi connectivity index (χ1) is 7.24. The third kappa shape index (κ3) is 4.32. The molecule has 0 radical (unpaired) electrons. The molecule has 0 aliphatic carbocycles. The molecule has 2 atom stereocenters. The van der Waals surface area contributed by atoms with Crippen LogP contribution in [0.15, 0.2) is 0 Å². The molecule has 4 heteroatoms. The number of carbonyl (C=O) groups excluding carboxylic acids is 1. The minimum Gasteiger partial charge on any atom is -0.376 e. The number of hydrogen-bond donors (Lipinski definition) is 2. The molecule has 0 aromatic heterocycles. The maximum atomic E-state index is 11.4. The van der Waals surface area contributed by atoms with E-state index >= 15 is 0 Å². The molecule has 0 spiro atoms. The molecule has 4 nitrogen and oxygen atoms in total. The number of carbonyl (C=O) groups is 1. The minimum absolute atomic E-state index is 0.140. The van der Waals surface area contributed by atoms with Crippen LogP contribution in [0.5, 0.6) is 0 Å². The van der Waals surface area contributed by atoms with Gasteiger partial charge in [-0.05, 0) is 19.3 Å². The van der Waals surface area contributed by atoms with Crippen molar-refractivity contribution in [1.82, 2.24) is 5.32 Å². The van der Waals surface area contributed by atoms with E-state index in [0.717, 1.165) is 25.9 Å². The second-order valence-electron chi connectivity index (χ2n) is 3.75. The Bertz CT molecular complexity index is 241. The zero-order valence-corrected chi connectivity index (χ0v) is 8.87. The zero-order chi connectivity index (χ0) is 11.1. The Kier molecular flexibility index (Phi) is 5.16. The van der Waals surface area contributed by atoms with Crippen LogP contribution >= 0.6 is 0 Å². The number of nitrogens with one attached hydrogen (secondary N) is 1. The zero-order valence-electron chi connectivity index (χ0n) is 8.87. The fraction of sp³-hybridized carbons (Fsp3) is 0.727. The SMILES string of the molecule is C#CCC(N)C(=O)NCC1CCCCO1. The Hall–Kier alpha value is -1.05. The monoisotopic (exact) mass is 210 g/mol. The average Bonchev–Trinajstić information content (AvgIpc) is 2.27. The molecule has 0 aromatic rings. The summed E-state index contributed by atoms with van der Waals surface area (Å²) in [4.78, 5) is 11.4. The minimum atomic E-state index is -0.599. The molecule has 2 unspecified atom stereocenters. The van der Waals surface area contributed by atoms with Crippen LogP contribution in [0.3, 0.4) is 0 Å². The molecule has 1 heterocycles. The van der Waals surface area contributed by atoms with Gasteiger partial charge in [0.05, 0.1) is 12.1 Å². The first kappa shape index (κ1) is 12.0. The lowest BCUT2D eigenvalue weighted by molar-refractivity contribution is -0.123. The molecule has 0 aromatic carbocycles. The standard InChI is InChI=1S/C11H18N2O2/c1-2-5-10(12)11(14)13-8-9-6-3-4-7-15-9/h1,9-10H,3-8,12H2,(H,13,14). The quantitative estimate of drug-likeness (QED) is 0.643. The van der Waals surface area contributed by atoms with Gasteiger partial charge in [0, 0.05) is 19.6 Å². The topological polar surface area (TPSA) is 64.4 Å². The summed E-state index contributed by atoms with van der Waals surface area (Å²) in [5.74, 6) is 2.18. The van der Waals surface area contributed by atoms with Gasteiger partial charge < -0.3 is 15.8 Å². The van der Waals surface area contributed by atoms with Crippen LogP contribution in [0.1, 0.15) is 25.7 Å². The molecule has 3 N–H and O–H groups in total. The fourth-order valence-corrected chi connectivity index (χ4v) is 1.53. The van der Waals surface area contributed by atoms with Crippen molar-refractivity contribution in [3.8, 4) is 12.3 Å². The van der Waals surface area contributed by atoms with Crippen LogP contribution in [-0.4, -0.2) is 31.2 Å². The number of ether oxygens (including phenoxy) is 1. The number of terminal acetylenes is 1. The lowest BCUT2D eigenvalue weighted by atomic mass is 10.1. The normalized spacial score (nSPS) is 22.8. The number of amides is 1. The Morgan fingerprint density at radius 1 is 1.67 bits per heavy atom. The van der Waals surface area contributed by atoms with Gasteiger partial charge in [0.2, 0.25) is 5.91 Å². The van der Waals surface area contributed by atoms with Gasteiger partial charge in [-0.1, -0.05) is 0 Å². The molecule has 1 rings (SSSR count). The molecule has 15 heavy (non-hydrogen) atoms. The van der Waals surface area contributed by atoms with E-state index in [1.165, 1.54) is 0 Å². The van der Waals surface area contributed by atoms with E-state index in [1.54, 1.807) is 0 Å². The third-order valence-electron chi connectivity index (χ3n) is 2.45. The Morgan fingerprint density at radius 2 is 2.47 bits per heavy atom. The second-order valence-corrected chi connectivity index (χ2v) is 3.75. The van der Waals surface area contributed by atoms with Gasteiger partial charge in [-0.15, -0.1) is 12.3 Å². The lowest BCUT2D eigenvalue weighted by Crippen LogP contribution is -2.44. The summed E-state index contributed by atoms with van der Waals surface area (Å²) in [5.41, 5.74) is 5.55. The Balaban J connectivity index is 2.18. The highest BCUT2D eigenvalue weighted by Gasteiger charge is 2.17. The van der Waals surface area contributed by atoms with Gasteiger partial charge >= 0.3 is 0 Å². The summed E-state index contributed by atoms with van der Waals surface area (Å²) in [7, 11) is 0. The molecule has 84 valence electrons. The van der Waals surface area contributed by atoms with Crippen molar-refractivity contribution < 1.29 is 9.53 Å². The molecule has 1 amide bonds. The summed E-state index contributed by atoms with van der Waals surface area (Å²) >= 11 is 0. The highest BCUT2D eigenvalue weighted by Crippen LogP contribution is 2.11. The average molecular weight is 210 g/mol. The van der Waals surface area contributed by atoms with Crippen LogP contribution in [0, 0.1) is 12.3 Å². The van der Waals surface area contributed by atoms with Crippen molar-refractivity contribution in [3.05, 3.63) is 0 Å². The number of nitrogens with two attached hydrogens (primary N) is 1. The molecule has 0 bridgehead atoms. The summed E-state index contributed by atoms with van der Waals surface area (Å²) < 4.78 is 5.47. The van der Waals surface area contributed by atoms with Crippen LogP contribution in [0.4, 0.5) is 0 Å². The van der Waals surface area contributed by atoms with Crippen molar-refractivity contribution in [2.24, 2.45) is 5.73 Å². The predicted molar refractivity (Wildman–Crippen MR) is 58.0 cm³/mol. The van der Waals surface area contributed by atoms with Gasteiger partial charge in [0.25, 0.3) is 0 Å². The largest absolute Gasteiger partial charge is 0.376 e. The van der Waals surface area contributed by atoms with E-state index in [-0.39, 0.29) is 18.4 Å². The van der Waals surface area contributed by atoms with Crippen LogP contribution in [0.25, 0.3) is 0 Å². The van der Waals surface area contributed by atoms with Crippen molar-refractivity contribution >= 4 is 5.91 Å². The molecular formula is C11H18N2O2. The van der Waals surface area contributed by atoms with Crippen molar-refractivity contribution in [1.29, 1.82) is 0 Å². The van der Waals surface area contributed by atoms with Gasteiger partial charge in [0.15, 0.2) is 0 Å². The molecule has 1 aliphatic heterocycles.